The van der Waals surface area contributed by atoms with Gasteiger partial charge in [0.1, 0.15) is 11.9 Å². The third kappa shape index (κ3) is 3.57. The minimum atomic E-state index is -5.10. The number of alkyl halides is 3. The Labute approximate surface area is 112 Å². The fraction of sp³-hybridized carbons (Fsp3) is 0.231. The van der Waals surface area contributed by atoms with Crippen LogP contribution in [-0.4, -0.2) is 23.5 Å². The van der Waals surface area contributed by atoms with Crippen molar-refractivity contribution in [3.05, 3.63) is 48.3 Å². The molecule has 0 aromatic heterocycles. The highest BCUT2D eigenvalue weighted by molar-refractivity contribution is 5.82. The highest BCUT2D eigenvalue weighted by Crippen LogP contribution is 2.26. The second kappa shape index (κ2) is 6.19. The van der Waals surface area contributed by atoms with Gasteiger partial charge in [-0.3, -0.25) is 4.79 Å². The van der Waals surface area contributed by atoms with Crippen molar-refractivity contribution in [2.45, 2.75) is 12.2 Å². The predicted octanol–water partition coefficient (Wildman–Crippen LogP) is 2.97. The molecule has 0 fully saturated rings. The quantitative estimate of drug-likeness (QED) is 0.631. The molecule has 0 unspecified atom stereocenters. The molecule has 0 heterocycles. The summed E-state index contributed by atoms with van der Waals surface area (Å²) in [6.07, 6.45) is -4.02. The summed E-state index contributed by atoms with van der Waals surface area (Å²) in [4.78, 5) is 11.7. The fourth-order valence-electron chi connectivity index (χ4n) is 1.58. The first-order valence-electron chi connectivity index (χ1n) is 5.45. The first-order valence-corrected chi connectivity index (χ1v) is 5.45. The molecule has 1 amide bonds. The van der Waals surface area contributed by atoms with E-state index in [1.807, 2.05) is 0 Å². The molecule has 1 aromatic rings. The van der Waals surface area contributed by atoms with E-state index in [9.17, 15) is 22.4 Å². The van der Waals surface area contributed by atoms with Crippen molar-refractivity contribution < 1.29 is 22.4 Å². The van der Waals surface area contributed by atoms with Crippen LogP contribution in [0.3, 0.4) is 0 Å². The van der Waals surface area contributed by atoms with Crippen molar-refractivity contribution in [3.63, 3.8) is 0 Å². The van der Waals surface area contributed by atoms with E-state index in [1.165, 1.54) is 0 Å². The van der Waals surface area contributed by atoms with Gasteiger partial charge in [0.25, 0.3) is 0 Å². The summed E-state index contributed by atoms with van der Waals surface area (Å²) in [5, 5.41) is 9.02. The van der Waals surface area contributed by atoms with Gasteiger partial charge in [-0.1, -0.05) is 18.2 Å². The van der Waals surface area contributed by atoms with Gasteiger partial charge < -0.3 is 4.90 Å². The average Bonchev–Trinajstić information content (AvgIpc) is 2.38. The molecule has 1 aromatic carbocycles. The largest absolute Gasteiger partial charge is 0.471 e. The number of halogens is 4. The van der Waals surface area contributed by atoms with Gasteiger partial charge in [0.15, 0.2) is 0 Å². The summed E-state index contributed by atoms with van der Waals surface area (Å²) in [6.45, 7) is 2.81. The van der Waals surface area contributed by atoms with Gasteiger partial charge in [0.05, 0.1) is 6.07 Å². The van der Waals surface area contributed by atoms with Crippen LogP contribution in [0, 0.1) is 17.1 Å². The average molecular weight is 286 g/mol. The van der Waals surface area contributed by atoms with Crippen molar-refractivity contribution in [3.8, 4) is 6.07 Å². The number of hydrogen-bond donors (Lipinski definition) is 0. The molecule has 7 heteroatoms. The monoisotopic (exact) mass is 286 g/mol. The molecule has 0 aliphatic carbocycles. The van der Waals surface area contributed by atoms with Crippen LogP contribution in [0.25, 0.3) is 0 Å². The Kier molecular flexibility index (Phi) is 4.86. The van der Waals surface area contributed by atoms with E-state index < -0.39 is 30.5 Å². The van der Waals surface area contributed by atoms with Gasteiger partial charge >= 0.3 is 12.1 Å². The first kappa shape index (κ1) is 15.7. The maximum atomic E-state index is 12.8. The van der Waals surface area contributed by atoms with E-state index in [2.05, 4.69) is 6.58 Å². The number of rotatable bonds is 4. The number of nitriles is 1. The minimum Gasteiger partial charge on any atom is -0.311 e. The molecule has 0 radical (unpaired) electrons. The number of carbonyl (C=O) groups excluding carboxylic acids is 1. The first-order chi connectivity index (χ1) is 9.31. The Bertz CT molecular complexity index is 531. The third-order valence-electron chi connectivity index (χ3n) is 2.45. The fourth-order valence-corrected chi connectivity index (χ4v) is 1.58. The second-order valence-electron chi connectivity index (χ2n) is 3.83. The number of benzene rings is 1. The molecule has 0 aliphatic heterocycles. The van der Waals surface area contributed by atoms with Crippen molar-refractivity contribution in [1.82, 2.24) is 4.90 Å². The van der Waals surface area contributed by atoms with Crippen LogP contribution in [0.1, 0.15) is 11.6 Å². The molecule has 20 heavy (non-hydrogen) atoms. The van der Waals surface area contributed by atoms with Crippen LogP contribution in [0.5, 0.6) is 0 Å². The molecule has 106 valence electrons. The van der Waals surface area contributed by atoms with E-state index in [4.69, 9.17) is 5.26 Å². The van der Waals surface area contributed by atoms with E-state index in [1.54, 1.807) is 6.07 Å². The molecule has 0 saturated carbocycles. The maximum absolute atomic E-state index is 12.8. The lowest BCUT2D eigenvalue weighted by Gasteiger charge is -2.27. The number of hydrogen-bond acceptors (Lipinski definition) is 2. The molecule has 0 N–H and O–H groups in total. The van der Waals surface area contributed by atoms with Crippen molar-refractivity contribution in [1.29, 1.82) is 5.26 Å². The summed E-state index contributed by atoms with van der Waals surface area (Å²) in [6, 6.07) is 4.46. The third-order valence-corrected chi connectivity index (χ3v) is 2.45. The zero-order chi connectivity index (χ0) is 15.3. The summed E-state index contributed by atoms with van der Waals surface area (Å²) in [7, 11) is 0. The van der Waals surface area contributed by atoms with Crippen molar-refractivity contribution in [2.24, 2.45) is 0 Å². The van der Waals surface area contributed by atoms with Gasteiger partial charge in [-0.15, -0.1) is 6.58 Å². The molecule has 1 rings (SSSR count). The zero-order valence-corrected chi connectivity index (χ0v) is 10.2. The standard InChI is InChI=1S/C13H10F4N2O/c1-2-7-19(12(20)13(15,16)17)11(8-18)9-3-5-10(14)6-4-9/h2-6,11H,1,7H2/t11-/m1/s1. The van der Waals surface area contributed by atoms with E-state index in [0.29, 0.717) is 4.90 Å². The highest BCUT2D eigenvalue weighted by Gasteiger charge is 2.44. The molecular weight excluding hydrogens is 276 g/mol. The Balaban J connectivity index is 3.17. The van der Waals surface area contributed by atoms with E-state index >= 15 is 0 Å². The van der Waals surface area contributed by atoms with Crippen molar-refractivity contribution in [2.75, 3.05) is 6.54 Å². The molecule has 1 atom stereocenters. The van der Waals surface area contributed by atoms with Crippen LogP contribution in [0.15, 0.2) is 36.9 Å². The molecule has 0 spiro atoms. The number of nitrogens with zero attached hydrogens (tertiary/aromatic N) is 2. The van der Waals surface area contributed by atoms with Gasteiger partial charge in [-0.2, -0.15) is 18.4 Å². The Morgan fingerprint density at radius 3 is 2.35 bits per heavy atom. The van der Waals surface area contributed by atoms with Crippen LogP contribution in [0.4, 0.5) is 17.6 Å². The predicted molar refractivity (Wildman–Crippen MR) is 62.7 cm³/mol. The minimum absolute atomic E-state index is 0.0911. The van der Waals surface area contributed by atoms with Crippen LogP contribution in [-0.2, 0) is 4.79 Å². The number of amides is 1. The summed E-state index contributed by atoms with van der Waals surface area (Å²) in [5.41, 5.74) is 0.0911. The van der Waals surface area contributed by atoms with E-state index in [0.717, 1.165) is 30.3 Å². The Hall–Kier alpha value is -2.36. The van der Waals surface area contributed by atoms with Crippen molar-refractivity contribution >= 4 is 5.91 Å². The summed E-state index contributed by atoms with van der Waals surface area (Å²) >= 11 is 0. The zero-order valence-electron chi connectivity index (χ0n) is 10.2. The van der Waals surface area contributed by atoms with Crippen LogP contribution in [0.2, 0.25) is 0 Å². The van der Waals surface area contributed by atoms with Gasteiger partial charge in [-0.25, -0.2) is 4.39 Å². The van der Waals surface area contributed by atoms with E-state index in [-0.39, 0.29) is 5.56 Å². The lowest BCUT2D eigenvalue weighted by molar-refractivity contribution is -0.186. The SMILES string of the molecule is C=CCN(C(=O)C(F)(F)F)[C@H](C#N)c1ccc(F)cc1. The summed E-state index contributed by atoms with van der Waals surface area (Å²) in [5.74, 6) is -2.74. The lowest BCUT2D eigenvalue weighted by atomic mass is 10.1. The Morgan fingerprint density at radius 2 is 1.95 bits per heavy atom. The van der Waals surface area contributed by atoms with Gasteiger partial charge in [0, 0.05) is 6.54 Å². The second-order valence-corrected chi connectivity index (χ2v) is 3.83. The highest BCUT2D eigenvalue weighted by atomic mass is 19.4. The number of carbonyl (C=O) groups is 1. The van der Waals surface area contributed by atoms with Crippen LogP contribution >= 0.6 is 0 Å². The Morgan fingerprint density at radius 1 is 1.40 bits per heavy atom. The molecule has 0 aliphatic rings. The normalized spacial score (nSPS) is 12.3. The van der Waals surface area contributed by atoms with Gasteiger partial charge in [0.2, 0.25) is 0 Å². The molecule has 0 saturated heterocycles. The maximum Gasteiger partial charge on any atom is 0.471 e. The molecule has 0 bridgehead atoms. The lowest BCUT2D eigenvalue weighted by Crippen LogP contribution is -2.43. The van der Waals surface area contributed by atoms with Gasteiger partial charge in [-0.05, 0) is 17.7 Å². The molecule has 3 nitrogen and oxygen atoms in total. The van der Waals surface area contributed by atoms with Crippen LogP contribution < -0.4 is 0 Å². The smallest absolute Gasteiger partial charge is 0.311 e. The topological polar surface area (TPSA) is 44.1 Å². The molecular formula is C13H10F4N2O. The summed E-state index contributed by atoms with van der Waals surface area (Å²) < 4.78 is 50.3.